The summed E-state index contributed by atoms with van der Waals surface area (Å²) in [5.41, 5.74) is 2.88. The Hall–Kier alpha value is -3.02. The molecule has 130 valence electrons. The minimum absolute atomic E-state index is 0.0933. The van der Waals surface area contributed by atoms with Crippen molar-refractivity contribution >= 4 is 16.9 Å². The number of hydrogen-bond acceptors (Lipinski definition) is 4. The van der Waals surface area contributed by atoms with Crippen LogP contribution in [0.15, 0.2) is 42.5 Å². The summed E-state index contributed by atoms with van der Waals surface area (Å²) >= 11 is 0. The summed E-state index contributed by atoms with van der Waals surface area (Å²) in [6, 6.07) is 13.1. The van der Waals surface area contributed by atoms with Crippen LogP contribution in [-0.2, 0) is 4.79 Å². The predicted molar refractivity (Wildman–Crippen MR) is 95.9 cm³/mol. The van der Waals surface area contributed by atoms with Crippen LogP contribution in [0.5, 0.6) is 11.5 Å². The van der Waals surface area contributed by atoms with E-state index >= 15 is 0 Å². The van der Waals surface area contributed by atoms with Gasteiger partial charge in [-0.15, -0.1) is 0 Å². The Bertz CT molecular complexity index is 856. The van der Waals surface area contributed by atoms with E-state index in [1.807, 2.05) is 50.2 Å². The van der Waals surface area contributed by atoms with Crippen molar-refractivity contribution in [3.8, 4) is 11.5 Å². The Morgan fingerprint density at radius 3 is 2.80 bits per heavy atom. The number of benzene rings is 2. The van der Waals surface area contributed by atoms with E-state index in [0.29, 0.717) is 17.3 Å². The monoisotopic (exact) mass is 339 g/mol. The third-order valence-electron chi connectivity index (χ3n) is 3.87. The van der Waals surface area contributed by atoms with Gasteiger partial charge in [0.2, 0.25) is 0 Å². The van der Waals surface area contributed by atoms with E-state index in [-0.39, 0.29) is 18.6 Å². The number of ether oxygens (including phenoxy) is 2. The van der Waals surface area contributed by atoms with E-state index in [1.54, 1.807) is 13.2 Å². The number of fused-ring (bicyclic) bond motifs is 1. The Labute approximate surface area is 146 Å². The van der Waals surface area contributed by atoms with Gasteiger partial charge in [-0.3, -0.25) is 4.79 Å². The number of aryl methyl sites for hydroxylation is 1. The predicted octanol–water partition coefficient (Wildman–Crippen LogP) is 3.14. The van der Waals surface area contributed by atoms with Crippen molar-refractivity contribution in [2.45, 2.75) is 19.9 Å². The molecular weight excluding hydrogens is 318 g/mol. The lowest BCUT2D eigenvalue weighted by atomic mass is 10.2. The smallest absolute Gasteiger partial charge is 0.258 e. The van der Waals surface area contributed by atoms with Crippen molar-refractivity contribution in [2.75, 3.05) is 13.7 Å². The van der Waals surface area contributed by atoms with E-state index in [0.717, 1.165) is 16.6 Å². The van der Waals surface area contributed by atoms with Gasteiger partial charge in [0, 0.05) is 0 Å². The highest BCUT2D eigenvalue weighted by atomic mass is 16.5. The maximum atomic E-state index is 12.2. The first kappa shape index (κ1) is 16.8. The first-order chi connectivity index (χ1) is 12.1. The van der Waals surface area contributed by atoms with Crippen LogP contribution in [0.1, 0.15) is 24.4 Å². The summed E-state index contributed by atoms with van der Waals surface area (Å²) in [5, 5.41) is 2.88. The maximum absolute atomic E-state index is 12.2. The number of methoxy groups -OCH3 is 1. The summed E-state index contributed by atoms with van der Waals surface area (Å²) in [7, 11) is 1.57. The number of aromatic amines is 1. The van der Waals surface area contributed by atoms with Crippen LogP contribution in [0.2, 0.25) is 0 Å². The Balaban J connectivity index is 1.60. The average Bonchev–Trinajstić information content (AvgIpc) is 3.05. The Kier molecular flexibility index (Phi) is 4.88. The van der Waals surface area contributed by atoms with Gasteiger partial charge in [-0.05, 0) is 43.7 Å². The number of rotatable bonds is 6. The molecule has 0 spiro atoms. The lowest BCUT2D eigenvalue weighted by Crippen LogP contribution is -2.31. The second-order valence-electron chi connectivity index (χ2n) is 5.87. The molecule has 0 aliphatic carbocycles. The van der Waals surface area contributed by atoms with Gasteiger partial charge in [-0.25, -0.2) is 4.98 Å². The molecule has 1 heterocycles. The molecule has 3 rings (SSSR count). The largest absolute Gasteiger partial charge is 0.493 e. The summed E-state index contributed by atoms with van der Waals surface area (Å²) in [6.45, 7) is 3.75. The fraction of sp³-hybridized carbons (Fsp3) is 0.263. The van der Waals surface area contributed by atoms with E-state index in [4.69, 9.17) is 9.47 Å². The number of amides is 1. The standard InChI is InChI=1S/C19H21N3O3/c1-12-8-9-16(17(10-12)24-3)25-11-18(23)20-13(2)19-21-14-6-4-5-7-15(14)22-19/h4-10,13H,11H2,1-3H3,(H,20,23)(H,21,22)/t13-/m0/s1. The first-order valence-electron chi connectivity index (χ1n) is 8.08. The quantitative estimate of drug-likeness (QED) is 0.723. The number of carbonyl (C=O) groups is 1. The Morgan fingerprint density at radius 1 is 1.24 bits per heavy atom. The van der Waals surface area contributed by atoms with Crippen LogP contribution in [0.4, 0.5) is 0 Å². The molecule has 0 saturated heterocycles. The molecule has 6 nitrogen and oxygen atoms in total. The normalized spacial score (nSPS) is 12.0. The zero-order chi connectivity index (χ0) is 17.8. The molecule has 0 aliphatic rings. The molecule has 2 aromatic carbocycles. The van der Waals surface area contributed by atoms with E-state index < -0.39 is 0 Å². The Morgan fingerprint density at radius 2 is 2.04 bits per heavy atom. The van der Waals surface area contributed by atoms with Gasteiger partial charge in [0.25, 0.3) is 5.91 Å². The van der Waals surface area contributed by atoms with Crippen molar-refractivity contribution < 1.29 is 14.3 Å². The average molecular weight is 339 g/mol. The number of nitrogens with zero attached hydrogens (tertiary/aromatic N) is 1. The second kappa shape index (κ2) is 7.25. The summed E-state index contributed by atoms with van der Waals surface area (Å²) < 4.78 is 10.8. The molecule has 0 saturated carbocycles. The summed E-state index contributed by atoms with van der Waals surface area (Å²) in [4.78, 5) is 19.9. The van der Waals surface area contributed by atoms with E-state index in [1.165, 1.54) is 0 Å². The highest BCUT2D eigenvalue weighted by Crippen LogP contribution is 2.27. The third-order valence-corrected chi connectivity index (χ3v) is 3.87. The molecular formula is C19H21N3O3. The highest BCUT2D eigenvalue weighted by Gasteiger charge is 2.14. The minimum atomic E-state index is -0.247. The molecule has 0 radical (unpaired) electrons. The van der Waals surface area contributed by atoms with Gasteiger partial charge in [-0.1, -0.05) is 18.2 Å². The molecule has 0 fully saturated rings. The van der Waals surface area contributed by atoms with Crippen molar-refractivity contribution in [3.05, 3.63) is 53.9 Å². The number of para-hydroxylation sites is 2. The van der Waals surface area contributed by atoms with Gasteiger partial charge in [-0.2, -0.15) is 0 Å². The van der Waals surface area contributed by atoms with Gasteiger partial charge >= 0.3 is 0 Å². The molecule has 0 unspecified atom stereocenters. The summed E-state index contributed by atoms with van der Waals surface area (Å²) in [5.74, 6) is 1.64. The zero-order valence-electron chi connectivity index (χ0n) is 14.5. The second-order valence-corrected chi connectivity index (χ2v) is 5.87. The van der Waals surface area contributed by atoms with Gasteiger partial charge < -0.3 is 19.8 Å². The van der Waals surface area contributed by atoms with Gasteiger partial charge in [0.05, 0.1) is 24.2 Å². The molecule has 0 aliphatic heterocycles. The third kappa shape index (κ3) is 3.91. The molecule has 1 amide bonds. The number of carbonyl (C=O) groups excluding carboxylic acids is 1. The van der Waals surface area contributed by atoms with E-state index in [2.05, 4.69) is 15.3 Å². The minimum Gasteiger partial charge on any atom is -0.493 e. The lowest BCUT2D eigenvalue weighted by Gasteiger charge is -2.14. The molecule has 0 bridgehead atoms. The van der Waals surface area contributed by atoms with Crippen LogP contribution >= 0.6 is 0 Å². The fourth-order valence-corrected chi connectivity index (χ4v) is 2.57. The molecule has 3 aromatic rings. The van der Waals surface area contributed by atoms with Crippen molar-refractivity contribution in [1.82, 2.24) is 15.3 Å². The number of imidazole rings is 1. The van der Waals surface area contributed by atoms with E-state index in [9.17, 15) is 4.79 Å². The molecule has 6 heteroatoms. The lowest BCUT2D eigenvalue weighted by molar-refractivity contribution is -0.123. The summed E-state index contributed by atoms with van der Waals surface area (Å²) in [6.07, 6.45) is 0. The maximum Gasteiger partial charge on any atom is 0.258 e. The zero-order valence-corrected chi connectivity index (χ0v) is 14.5. The van der Waals surface area contributed by atoms with Gasteiger partial charge in [0.1, 0.15) is 5.82 Å². The molecule has 25 heavy (non-hydrogen) atoms. The van der Waals surface area contributed by atoms with Crippen LogP contribution in [0.3, 0.4) is 0 Å². The van der Waals surface area contributed by atoms with Crippen molar-refractivity contribution in [1.29, 1.82) is 0 Å². The number of H-pyrrole nitrogens is 1. The van der Waals surface area contributed by atoms with Crippen LogP contribution in [0, 0.1) is 6.92 Å². The number of aromatic nitrogens is 2. The van der Waals surface area contributed by atoms with Crippen LogP contribution in [-0.4, -0.2) is 29.6 Å². The topological polar surface area (TPSA) is 76.2 Å². The van der Waals surface area contributed by atoms with Gasteiger partial charge in [0.15, 0.2) is 18.1 Å². The fourth-order valence-electron chi connectivity index (χ4n) is 2.57. The molecule has 2 N–H and O–H groups in total. The SMILES string of the molecule is COc1cc(C)ccc1OCC(=O)N[C@@H](C)c1nc2ccccc2[nH]1. The van der Waals surface area contributed by atoms with Crippen molar-refractivity contribution in [3.63, 3.8) is 0 Å². The van der Waals surface area contributed by atoms with Crippen molar-refractivity contribution in [2.24, 2.45) is 0 Å². The van der Waals surface area contributed by atoms with Crippen LogP contribution in [0.25, 0.3) is 11.0 Å². The molecule has 1 atom stereocenters. The number of nitrogens with one attached hydrogen (secondary N) is 2. The highest BCUT2D eigenvalue weighted by molar-refractivity contribution is 5.78. The first-order valence-corrected chi connectivity index (χ1v) is 8.08. The van der Waals surface area contributed by atoms with Crippen LogP contribution < -0.4 is 14.8 Å². The molecule has 1 aromatic heterocycles. The number of hydrogen-bond donors (Lipinski definition) is 2.